The van der Waals surface area contributed by atoms with Crippen molar-refractivity contribution >= 4 is 16.6 Å². The Morgan fingerprint density at radius 1 is 1.14 bits per heavy atom. The molecular weight excluding hydrogens is 258 g/mol. The van der Waals surface area contributed by atoms with Crippen LogP contribution >= 0.6 is 0 Å². The highest BCUT2D eigenvalue weighted by Crippen LogP contribution is 2.27. The molecule has 2 aromatic rings. The zero-order chi connectivity index (χ0) is 14.8. The quantitative estimate of drug-likeness (QED) is 0.856. The van der Waals surface area contributed by atoms with E-state index in [1.807, 2.05) is 12.1 Å². The number of rotatable bonds is 3. The largest absolute Gasteiger partial charge is 0.317 e. The summed E-state index contributed by atoms with van der Waals surface area (Å²) in [5.41, 5.74) is 2.20. The van der Waals surface area contributed by atoms with Crippen LogP contribution in [0, 0.1) is 5.92 Å². The predicted octanol–water partition coefficient (Wildman–Crippen LogP) is 4.15. The number of fused-ring (bicyclic) bond motifs is 1. The molecule has 2 heteroatoms. The maximum Gasteiger partial charge on any atom is 0.166 e. The zero-order valence-corrected chi connectivity index (χ0v) is 12.9. The van der Waals surface area contributed by atoms with Crippen LogP contribution in [-0.2, 0) is 0 Å². The van der Waals surface area contributed by atoms with Gasteiger partial charge in [-0.15, -0.1) is 0 Å². The minimum absolute atomic E-state index is 0.180. The molecule has 1 saturated heterocycles. The SMILES string of the molecule is CC(C)c1ccc2cccc(C(=O)C3CCNCC3)c2c1. The Labute approximate surface area is 126 Å². The Morgan fingerprint density at radius 3 is 2.62 bits per heavy atom. The van der Waals surface area contributed by atoms with Gasteiger partial charge >= 0.3 is 0 Å². The van der Waals surface area contributed by atoms with E-state index < -0.39 is 0 Å². The second kappa shape index (κ2) is 5.98. The van der Waals surface area contributed by atoms with Crippen molar-refractivity contribution < 1.29 is 4.79 Å². The number of hydrogen-bond acceptors (Lipinski definition) is 2. The second-order valence-corrected chi connectivity index (χ2v) is 6.33. The molecule has 3 rings (SSSR count). The van der Waals surface area contributed by atoms with Crippen LogP contribution in [-0.4, -0.2) is 18.9 Å². The predicted molar refractivity (Wildman–Crippen MR) is 88.0 cm³/mol. The minimum Gasteiger partial charge on any atom is -0.317 e. The van der Waals surface area contributed by atoms with Crippen LogP contribution in [0.25, 0.3) is 10.8 Å². The number of Topliss-reactive ketones (excluding diaryl/α,β-unsaturated/α-hetero) is 1. The number of hydrogen-bond donors (Lipinski definition) is 1. The van der Waals surface area contributed by atoms with Crippen LogP contribution in [0.1, 0.15) is 48.5 Å². The third-order valence-corrected chi connectivity index (χ3v) is 4.55. The molecular formula is C19H23NO. The summed E-state index contributed by atoms with van der Waals surface area (Å²) in [5.74, 6) is 0.985. The van der Waals surface area contributed by atoms with Gasteiger partial charge < -0.3 is 5.32 Å². The first-order valence-corrected chi connectivity index (χ1v) is 7.94. The lowest BCUT2D eigenvalue weighted by Crippen LogP contribution is -2.31. The standard InChI is InChI=1S/C19H23NO/c1-13(2)16-7-6-14-4-3-5-17(18(14)12-16)19(21)15-8-10-20-11-9-15/h3-7,12-13,15,20H,8-11H2,1-2H3. The number of ketones is 1. The highest BCUT2D eigenvalue weighted by molar-refractivity contribution is 6.09. The molecule has 0 amide bonds. The molecule has 0 atom stereocenters. The van der Waals surface area contributed by atoms with E-state index in [0.717, 1.165) is 36.9 Å². The van der Waals surface area contributed by atoms with E-state index in [2.05, 4.69) is 43.4 Å². The molecule has 1 aliphatic heterocycles. The van der Waals surface area contributed by atoms with E-state index in [1.54, 1.807) is 0 Å². The van der Waals surface area contributed by atoms with Crippen molar-refractivity contribution in [3.63, 3.8) is 0 Å². The summed E-state index contributed by atoms with van der Waals surface area (Å²) in [6.07, 6.45) is 1.91. The van der Waals surface area contributed by atoms with Gasteiger partial charge in [-0.25, -0.2) is 0 Å². The average molecular weight is 281 g/mol. The molecule has 0 radical (unpaired) electrons. The monoisotopic (exact) mass is 281 g/mol. The molecule has 1 fully saturated rings. The summed E-state index contributed by atoms with van der Waals surface area (Å²) >= 11 is 0. The molecule has 1 heterocycles. The van der Waals surface area contributed by atoms with Crippen LogP contribution in [0.5, 0.6) is 0 Å². The maximum absolute atomic E-state index is 12.9. The first kappa shape index (κ1) is 14.3. The first-order valence-electron chi connectivity index (χ1n) is 7.94. The Bertz CT molecular complexity index is 654. The Balaban J connectivity index is 2.04. The van der Waals surface area contributed by atoms with Gasteiger partial charge in [0.15, 0.2) is 5.78 Å². The molecule has 2 aromatic carbocycles. The van der Waals surface area contributed by atoms with E-state index in [4.69, 9.17) is 0 Å². The lowest BCUT2D eigenvalue weighted by atomic mass is 9.87. The van der Waals surface area contributed by atoms with Gasteiger partial charge in [-0.3, -0.25) is 4.79 Å². The molecule has 0 aromatic heterocycles. The molecule has 0 saturated carbocycles. The van der Waals surface area contributed by atoms with Crippen molar-refractivity contribution in [3.8, 4) is 0 Å². The average Bonchev–Trinajstić information content (AvgIpc) is 2.54. The lowest BCUT2D eigenvalue weighted by molar-refractivity contribution is 0.0897. The number of benzene rings is 2. The highest BCUT2D eigenvalue weighted by atomic mass is 16.1. The summed E-state index contributed by atoms with van der Waals surface area (Å²) in [7, 11) is 0. The number of piperidine rings is 1. The number of carbonyl (C=O) groups excluding carboxylic acids is 1. The second-order valence-electron chi connectivity index (χ2n) is 6.33. The summed E-state index contributed by atoms with van der Waals surface area (Å²) in [4.78, 5) is 12.9. The molecule has 2 nitrogen and oxygen atoms in total. The van der Waals surface area contributed by atoms with E-state index in [0.29, 0.717) is 11.7 Å². The normalized spacial score (nSPS) is 16.5. The first-order chi connectivity index (χ1) is 10.2. The van der Waals surface area contributed by atoms with Crippen LogP contribution < -0.4 is 5.32 Å². The van der Waals surface area contributed by atoms with Gasteiger partial charge in [0.25, 0.3) is 0 Å². The molecule has 1 aliphatic rings. The Kier molecular flexibility index (Phi) is 4.07. The van der Waals surface area contributed by atoms with Gasteiger partial charge in [-0.05, 0) is 48.2 Å². The third kappa shape index (κ3) is 2.86. The van der Waals surface area contributed by atoms with Gasteiger partial charge in [0.1, 0.15) is 0 Å². The smallest absolute Gasteiger partial charge is 0.166 e. The molecule has 1 N–H and O–H groups in total. The maximum atomic E-state index is 12.9. The summed E-state index contributed by atoms with van der Waals surface area (Å²) in [6, 6.07) is 12.6. The summed E-state index contributed by atoms with van der Waals surface area (Å²) in [5, 5.41) is 5.61. The summed E-state index contributed by atoms with van der Waals surface area (Å²) in [6.45, 7) is 6.30. The van der Waals surface area contributed by atoms with Crippen molar-refractivity contribution in [2.75, 3.05) is 13.1 Å². The van der Waals surface area contributed by atoms with E-state index in [-0.39, 0.29) is 5.92 Å². The number of carbonyl (C=O) groups is 1. The Morgan fingerprint density at radius 2 is 1.90 bits per heavy atom. The number of nitrogens with one attached hydrogen (secondary N) is 1. The summed E-state index contributed by atoms with van der Waals surface area (Å²) < 4.78 is 0. The van der Waals surface area contributed by atoms with Gasteiger partial charge in [0.05, 0.1) is 0 Å². The third-order valence-electron chi connectivity index (χ3n) is 4.55. The van der Waals surface area contributed by atoms with Gasteiger partial charge in [-0.2, -0.15) is 0 Å². The lowest BCUT2D eigenvalue weighted by Gasteiger charge is -2.22. The Hall–Kier alpha value is -1.67. The molecule has 0 bridgehead atoms. The van der Waals surface area contributed by atoms with Crippen molar-refractivity contribution in [1.29, 1.82) is 0 Å². The van der Waals surface area contributed by atoms with Gasteiger partial charge in [-0.1, -0.05) is 50.2 Å². The molecule has 0 aliphatic carbocycles. The van der Waals surface area contributed by atoms with Crippen LogP contribution in [0.4, 0.5) is 0 Å². The van der Waals surface area contributed by atoms with Crippen LogP contribution in [0.2, 0.25) is 0 Å². The fourth-order valence-electron chi connectivity index (χ4n) is 3.17. The van der Waals surface area contributed by atoms with Crippen molar-refractivity contribution in [1.82, 2.24) is 5.32 Å². The molecule has 21 heavy (non-hydrogen) atoms. The van der Waals surface area contributed by atoms with E-state index >= 15 is 0 Å². The van der Waals surface area contributed by atoms with Crippen molar-refractivity contribution in [2.45, 2.75) is 32.6 Å². The fourth-order valence-corrected chi connectivity index (χ4v) is 3.17. The van der Waals surface area contributed by atoms with Gasteiger partial charge in [0.2, 0.25) is 0 Å². The van der Waals surface area contributed by atoms with E-state index in [1.165, 1.54) is 10.9 Å². The molecule has 0 spiro atoms. The van der Waals surface area contributed by atoms with E-state index in [9.17, 15) is 4.79 Å². The molecule has 0 unspecified atom stereocenters. The minimum atomic E-state index is 0.180. The fraction of sp³-hybridized carbons (Fsp3) is 0.421. The van der Waals surface area contributed by atoms with Crippen molar-refractivity contribution in [2.24, 2.45) is 5.92 Å². The topological polar surface area (TPSA) is 29.1 Å². The van der Waals surface area contributed by atoms with Crippen LogP contribution in [0.3, 0.4) is 0 Å². The van der Waals surface area contributed by atoms with Crippen LogP contribution in [0.15, 0.2) is 36.4 Å². The van der Waals surface area contributed by atoms with Crippen molar-refractivity contribution in [3.05, 3.63) is 47.5 Å². The van der Waals surface area contributed by atoms with Gasteiger partial charge in [0, 0.05) is 11.5 Å². The highest BCUT2D eigenvalue weighted by Gasteiger charge is 2.23. The zero-order valence-electron chi connectivity index (χ0n) is 12.9. The molecule has 110 valence electrons.